The lowest BCUT2D eigenvalue weighted by molar-refractivity contribution is -0.00402. The van der Waals surface area contributed by atoms with Crippen LogP contribution in [0.2, 0.25) is 0 Å². The molecule has 0 aliphatic rings. The van der Waals surface area contributed by atoms with Gasteiger partial charge in [0.2, 0.25) is 0 Å². The van der Waals surface area contributed by atoms with Gasteiger partial charge in [-0.2, -0.15) is 0 Å². The van der Waals surface area contributed by atoms with Crippen LogP contribution in [0.3, 0.4) is 0 Å². The molecule has 0 spiro atoms. The minimum Gasteiger partial charge on any atom is -0.380 e. The molecule has 0 aromatic rings. The number of hydrogen-bond donors (Lipinski definition) is 0. The highest BCUT2D eigenvalue weighted by molar-refractivity contribution is 4.75. The van der Waals surface area contributed by atoms with Crippen LogP contribution in [-0.4, -0.2) is 13.2 Å². The van der Waals surface area contributed by atoms with E-state index in [9.17, 15) is 0 Å². The van der Waals surface area contributed by atoms with Crippen LogP contribution in [0.5, 0.6) is 0 Å². The van der Waals surface area contributed by atoms with Crippen molar-refractivity contribution in [1.82, 2.24) is 0 Å². The highest BCUT2D eigenvalue weighted by atomic mass is 16.5. The van der Waals surface area contributed by atoms with E-state index in [0.29, 0.717) is 10.8 Å². The Morgan fingerprint density at radius 3 is 1.53 bits per heavy atom. The molecule has 0 heterocycles. The first kappa shape index (κ1) is 15.0. The minimum atomic E-state index is 0.334. The molecular formula is C14H30O. The molecule has 1 heteroatoms. The smallest absolute Gasteiger partial charge is 0.0522 e. The molecule has 0 saturated carbocycles. The van der Waals surface area contributed by atoms with Gasteiger partial charge in [-0.1, -0.05) is 41.5 Å². The number of hydrogen-bond acceptors (Lipinski definition) is 1. The monoisotopic (exact) mass is 214 g/mol. The normalized spacial score (nSPS) is 13.2. The third kappa shape index (κ3) is 5.01. The van der Waals surface area contributed by atoms with Gasteiger partial charge in [-0.15, -0.1) is 0 Å². The van der Waals surface area contributed by atoms with Crippen molar-refractivity contribution in [3.05, 3.63) is 0 Å². The van der Waals surface area contributed by atoms with Crippen LogP contribution in [0.15, 0.2) is 0 Å². The van der Waals surface area contributed by atoms with Crippen LogP contribution in [0.25, 0.3) is 0 Å². The van der Waals surface area contributed by atoms with E-state index in [1.165, 1.54) is 25.7 Å². The van der Waals surface area contributed by atoms with Crippen molar-refractivity contribution >= 4 is 0 Å². The zero-order valence-electron chi connectivity index (χ0n) is 11.7. The van der Waals surface area contributed by atoms with E-state index >= 15 is 0 Å². The second-order valence-corrected chi connectivity index (χ2v) is 5.57. The molecule has 0 unspecified atom stereocenters. The molecule has 0 radical (unpaired) electrons. The number of ether oxygens (including phenoxy) is 1. The van der Waals surface area contributed by atoms with Crippen LogP contribution < -0.4 is 0 Å². The van der Waals surface area contributed by atoms with E-state index in [2.05, 4.69) is 41.5 Å². The fraction of sp³-hybridized carbons (Fsp3) is 1.00. The number of rotatable bonds is 8. The van der Waals surface area contributed by atoms with E-state index in [0.717, 1.165) is 13.2 Å². The van der Waals surface area contributed by atoms with E-state index in [-0.39, 0.29) is 0 Å². The van der Waals surface area contributed by atoms with Crippen LogP contribution in [0.4, 0.5) is 0 Å². The van der Waals surface area contributed by atoms with Crippen molar-refractivity contribution in [2.24, 2.45) is 10.8 Å². The molecule has 0 fully saturated rings. The Morgan fingerprint density at radius 1 is 0.733 bits per heavy atom. The summed E-state index contributed by atoms with van der Waals surface area (Å²) in [6.45, 7) is 15.4. The maximum absolute atomic E-state index is 5.93. The van der Waals surface area contributed by atoms with Crippen molar-refractivity contribution in [2.45, 2.75) is 67.2 Å². The standard InChI is InChI=1S/C14H30O/c1-7-13(5,6)11-15-12-14(8-2,9-3)10-4/h7-12H2,1-6H3. The predicted octanol–water partition coefficient (Wildman–Crippen LogP) is 4.66. The molecule has 0 aromatic carbocycles. The van der Waals surface area contributed by atoms with Crippen molar-refractivity contribution < 1.29 is 4.74 Å². The van der Waals surface area contributed by atoms with Gasteiger partial charge in [0.25, 0.3) is 0 Å². The summed E-state index contributed by atoms with van der Waals surface area (Å²) < 4.78 is 5.93. The third-order valence-electron chi connectivity index (χ3n) is 4.11. The second kappa shape index (κ2) is 6.52. The first-order valence-electron chi connectivity index (χ1n) is 6.53. The first-order valence-corrected chi connectivity index (χ1v) is 6.53. The molecule has 15 heavy (non-hydrogen) atoms. The summed E-state index contributed by atoms with van der Waals surface area (Å²) in [5.74, 6) is 0. The molecule has 0 rings (SSSR count). The van der Waals surface area contributed by atoms with Gasteiger partial charge in [-0.25, -0.2) is 0 Å². The third-order valence-corrected chi connectivity index (χ3v) is 4.11. The summed E-state index contributed by atoms with van der Waals surface area (Å²) in [6.07, 6.45) is 4.87. The van der Waals surface area contributed by atoms with Gasteiger partial charge in [0.15, 0.2) is 0 Å². The lowest BCUT2D eigenvalue weighted by Crippen LogP contribution is -2.28. The Morgan fingerprint density at radius 2 is 1.20 bits per heavy atom. The highest BCUT2D eigenvalue weighted by Crippen LogP contribution is 2.31. The van der Waals surface area contributed by atoms with Gasteiger partial charge in [0.05, 0.1) is 13.2 Å². The molecule has 0 aliphatic carbocycles. The van der Waals surface area contributed by atoms with E-state index in [1.54, 1.807) is 0 Å². The van der Waals surface area contributed by atoms with Crippen LogP contribution >= 0.6 is 0 Å². The summed E-state index contributed by atoms with van der Waals surface area (Å²) in [5, 5.41) is 0. The Labute approximate surface area is 96.6 Å². The highest BCUT2D eigenvalue weighted by Gasteiger charge is 2.25. The van der Waals surface area contributed by atoms with Crippen LogP contribution in [0.1, 0.15) is 67.2 Å². The SMILES string of the molecule is CCC(C)(C)COCC(CC)(CC)CC. The minimum absolute atomic E-state index is 0.334. The molecule has 1 nitrogen and oxygen atoms in total. The van der Waals surface area contributed by atoms with E-state index in [1.807, 2.05) is 0 Å². The van der Waals surface area contributed by atoms with Gasteiger partial charge >= 0.3 is 0 Å². The average molecular weight is 214 g/mol. The molecule has 0 saturated heterocycles. The molecule has 92 valence electrons. The zero-order valence-corrected chi connectivity index (χ0v) is 11.7. The van der Waals surface area contributed by atoms with Crippen LogP contribution in [0, 0.1) is 10.8 Å². The summed E-state index contributed by atoms with van der Waals surface area (Å²) in [5.41, 5.74) is 0.755. The van der Waals surface area contributed by atoms with E-state index < -0.39 is 0 Å². The first-order chi connectivity index (χ1) is 6.95. The average Bonchev–Trinajstić information content (AvgIpc) is 2.25. The fourth-order valence-electron chi connectivity index (χ4n) is 1.70. The predicted molar refractivity (Wildman–Crippen MR) is 68.2 cm³/mol. The van der Waals surface area contributed by atoms with Gasteiger partial charge in [-0.3, -0.25) is 0 Å². The summed E-state index contributed by atoms with van der Waals surface area (Å²) >= 11 is 0. The lowest BCUT2D eigenvalue weighted by Gasteiger charge is -2.32. The second-order valence-electron chi connectivity index (χ2n) is 5.57. The maximum Gasteiger partial charge on any atom is 0.0522 e. The molecule has 0 bridgehead atoms. The van der Waals surface area contributed by atoms with Gasteiger partial charge < -0.3 is 4.74 Å². The Kier molecular flexibility index (Phi) is 6.51. The summed E-state index contributed by atoms with van der Waals surface area (Å²) in [6, 6.07) is 0. The largest absolute Gasteiger partial charge is 0.380 e. The van der Waals surface area contributed by atoms with Crippen LogP contribution in [-0.2, 0) is 4.74 Å². The molecule has 0 amide bonds. The maximum atomic E-state index is 5.93. The van der Waals surface area contributed by atoms with Crippen molar-refractivity contribution in [3.8, 4) is 0 Å². The van der Waals surface area contributed by atoms with Crippen molar-refractivity contribution in [2.75, 3.05) is 13.2 Å². The quantitative estimate of drug-likeness (QED) is 0.571. The van der Waals surface area contributed by atoms with Crippen molar-refractivity contribution in [1.29, 1.82) is 0 Å². The molecular weight excluding hydrogens is 184 g/mol. The fourth-order valence-corrected chi connectivity index (χ4v) is 1.70. The Hall–Kier alpha value is -0.0400. The zero-order chi connectivity index (χ0) is 11.9. The van der Waals surface area contributed by atoms with Gasteiger partial charge in [0.1, 0.15) is 0 Å². The lowest BCUT2D eigenvalue weighted by atomic mass is 9.80. The summed E-state index contributed by atoms with van der Waals surface area (Å²) in [4.78, 5) is 0. The van der Waals surface area contributed by atoms with Gasteiger partial charge in [-0.05, 0) is 36.5 Å². The molecule has 0 aliphatic heterocycles. The molecule has 0 N–H and O–H groups in total. The van der Waals surface area contributed by atoms with Crippen molar-refractivity contribution in [3.63, 3.8) is 0 Å². The Bertz CT molecular complexity index is 148. The topological polar surface area (TPSA) is 9.23 Å². The molecule has 0 atom stereocenters. The van der Waals surface area contributed by atoms with E-state index in [4.69, 9.17) is 4.74 Å². The molecule has 0 aromatic heterocycles. The van der Waals surface area contributed by atoms with Gasteiger partial charge in [0, 0.05) is 0 Å². The Balaban J connectivity index is 4.02. The summed E-state index contributed by atoms with van der Waals surface area (Å²) in [7, 11) is 0.